The molecular weight excluding hydrogens is 288 g/mol. The maximum absolute atomic E-state index is 10.7. The quantitative estimate of drug-likeness (QED) is 0.877. The lowest BCUT2D eigenvalue weighted by molar-refractivity contribution is 0.0702. The number of thiophene rings is 1. The van der Waals surface area contributed by atoms with Crippen molar-refractivity contribution in [3.63, 3.8) is 0 Å². The summed E-state index contributed by atoms with van der Waals surface area (Å²) in [5, 5.41) is 19.0. The van der Waals surface area contributed by atoms with E-state index in [9.17, 15) is 4.79 Å². The molecule has 8 heteroatoms. The summed E-state index contributed by atoms with van der Waals surface area (Å²) in [6.45, 7) is 0. The van der Waals surface area contributed by atoms with E-state index in [1.807, 2.05) is 5.38 Å². The van der Waals surface area contributed by atoms with Gasteiger partial charge in [-0.15, -0.1) is 33.3 Å². The third kappa shape index (κ3) is 2.94. The summed E-state index contributed by atoms with van der Waals surface area (Å²) in [4.78, 5) is 11.9. The number of aromatic carboxylic acids is 1. The molecule has 0 aliphatic heterocycles. The van der Waals surface area contributed by atoms with Gasteiger partial charge in [0, 0.05) is 10.3 Å². The lowest BCUT2D eigenvalue weighted by Gasteiger charge is -1.92. The van der Waals surface area contributed by atoms with E-state index in [-0.39, 0.29) is 0 Å². The number of rotatable bonds is 4. The minimum atomic E-state index is -0.893. The molecule has 84 valence electrons. The van der Waals surface area contributed by atoms with Gasteiger partial charge in [0.1, 0.15) is 9.88 Å². The maximum atomic E-state index is 10.7. The highest BCUT2D eigenvalue weighted by Gasteiger charge is 2.08. The van der Waals surface area contributed by atoms with Gasteiger partial charge in [0.2, 0.25) is 4.47 Å². The van der Waals surface area contributed by atoms with Crippen LogP contribution in [0.1, 0.15) is 14.7 Å². The molecule has 2 heterocycles. The van der Waals surface area contributed by atoms with Gasteiger partial charge in [0.15, 0.2) is 0 Å². The topological polar surface area (TPSA) is 63.1 Å². The Morgan fingerprint density at radius 2 is 2.38 bits per heavy atom. The first-order valence-corrected chi connectivity index (χ1v) is 7.13. The molecule has 2 aromatic heterocycles. The molecule has 0 aliphatic carbocycles. The van der Waals surface area contributed by atoms with Crippen LogP contribution in [-0.2, 0) is 5.75 Å². The number of thioether (sulfide) groups is 1. The predicted octanol–water partition coefficient (Wildman–Crippen LogP) is 3.24. The van der Waals surface area contributed by atoms with Gasteiger partial charge < -0.3 is 5.11 Å². The Kier molecular flexibility index (Phi) is 3.80. The van der Waals surface area contributed by atoms with Crippen LogP contribution in [0.3, 0.4) is 0 Å². The van der Waals surface area contributed by atoms with E-state index in [0.29, 0.717) is 15.1 Å². The maximum Gasteiger partial charge on any atom is 0.345 e. The summed E-state index contributed by atoms with van der Waals surface area (Å²) in [7, 11) is 0. The van der Waals surface area contributed by atoms with E-state index >= 15 is 0 Å². The van der Waals surface area contributed by atoms with Crippen LogP contribution in [0.2, 0.25) is 4.47 Å². The zero-order chi connectivity index (χ0) is 11.5. The second kappa shape index (κ2) is 5.13. The second-order valence-corrected chi connectivity index (χ2v) is 6.29. The van der Waals surface area contributed by atoms with Crippen molar-refractivity contribution >= 4 is 52.0 Å². The number of carboxylic acid groups (broad SMARTS) is 1. The molecule has 1 N–H and O–H groups in total. The highest BCUT2D eigenvalue weighted by atomic mass is 35.5. The average molecular weight is 293 g/mol. The monoisotopic (exact) mass is 292 g/mol. The highest BCUT2D eigenvalue weighted by Crippen LogP contribution is 2.29. The first-order valence-electron chi connectivity index (χ1n) is 4.07. The summed E-state index contributed by atoms with van der Waals surface area (Å²) in [6.07, 6.45) is 0. The molecule has 0 saturated heterocycles. The van der Waals surface area contributed by atoms with E-state index in [4.69, 9.17) is 16.7 Å². The molecule has 0 unspecified atom stereocenters. The molecule has 4 nitrogen and oxygen atoms in total. The number of halogens is 1. The summed E-state index contributed by atoms with van der Waals surface area (Å²) in [5.74, 6) is -0.240. The van der Waals surface area contributed by atoms with E-state index in [2.05, 4.69) is 10.2 Å². The van der Waals surface area contributed by atoms with Crippen molar-refractivity contribution in [1.82, 2.24) is 10.2 Å². The van der Waals surface area contributed by atoms with Crippen molar-refractivity contribution in [2.75, 3.05) is 0 Å². The number of hydrogen-bond donors (Lipinski definition) is 1. The SMILES string of the molecule is O=C(O)c1cc(SCc2nnc(Cl)s2)cs1. The van der Waals surface area contributed by atoms with Gasteiger partial charge >= 0.3 is 5.97 Å². The van der Waals surface area contributed by atoms with Crippen molar-refractivity contribution in [3.05, 3.63) is 25.8 Å². The van der Waals surface area contributed by atoms with Gasteiger partial charge in [-0.3, -0.25) is 0 Å². The molecule has 2 rings (SSSR count). The zero-order valence-electron chi connectivity index (χ0n) is 7.71. The van der Waals surface area contributed by atoms with Crippen molar-refractivity contribution < 1.29 is 9.90 Å². The van der Waals surface area contributed by atoms with Crippen molar-refractivity contribution in [1.29, 1.82) is 0 Å². The van der Waals surface area contributed by atoms with E-state index in [1.165, 1.54) is 34.4 Å². The lowest BCUT2D eigenvalue weighted by atomic mass is 10.5. The van der Waals surface area contributed by atoms with Gasteiger partial charge in [0.25, 0.3) is 0 Å². The summed E-state index contributed by atoms with van der Waals surface area (Å²) in [6, 6.07) is 1.65. The molecule has 16 heavy (non-hydrogen) atoms. The van der Waals surface area contributed by atoms with Gasteiger partial charge in [-0.05, 0) is 17.7 Å². The first-order chi connectivity index (χ1) is 7.65. The van der Waals surface area contributed by atoms with Gasteiger partial charge in [-0.25, -0.2) is 4.79 Å². The normalized spacial score (nSPS) is 10.6. The third-order valence-electron chi connectivity index (χ3n) is 1.59. The molecule has 2 aromatic rings. The molecule has 0 bridgehead atoms. The first kappa shape index (κ1) is 11.8. The third-order valence-corrected chi connectivity index (χ3v) is 4.85. The molecule has 0 aromatic carbocycles. The number of carboxylic acids is 1. The molecule has 0 spiro atoms. The van der Waals surface area contributed by atoms with Crippen LogP contribution >= 0.6 is 46.0 Å². The molecule has 0 amide bonds. The lowest BCUT2D eigenvalue weighted by Crippen LogP contribution is -1.89. The molecular formula is C8H5ClN2O2S3. The molecule has 0 fully saturated rings. The van der Waals surface area contributed by atoms with Crippen LogP contribution in [0, 0.1) is 0 Å². The summed E-state index contributed by atoms with van der Waals surface area (Å²) >= 11 is 9.72. The largest absolute Gasteiger partial charge is 0.477 e. The second-order valence-electron chi connectivity index (χ2n) is 2.69. The summed E-state index contributed by atoms with van der Waals surface area (Å²) in [5.41, 5.74) is 0. The van der Waals surface area contributed by atoms with E-state index in [1.54, 1.807) is 6.07 Å². The number of hydrogen-bond acceptors (Lipinski definition) is 6. The standard InChI is InChI=1S/C8H5ClN2O2S3/c9-8-11-10-6(16-8)3-14-4-1-5(7(12)13)15-2-4/h1-2H,3H2,(H,12,13). The number of aromatic nitrogens is 2. The van der Waals surface area contributed by atoms with E-state index in [0.717, 1.165) is 9.90 Å². The Balaban J connectivity index is 1.97. The van der Waals surface area contributed by atoms with Crippen LogP contribution in [0.15, 0.2) is 16.3 Å². The molecule has 0 radical (unpaired) electrons. The van der Waals surface area contributed by atoms with Crippen LogP contribution in [-0.4, -0.2) is 21.3 Å². The van der Waals surface area contributed by atoms with Crippen molar-refractivity contribution in [2.45, 2.75) is 10.6 Å². The smallest absolute Gasteiger partial charge is 0.345 e. The minimum absolute atomic E-state index is 0.345. The fraction of sp³-hybridized carbons (Fsp3) is 0.125. The Morgan fingerprint density at radius 3 is 2.94 bits per heavy atom. The Morgan fingerprint density at radius 1 is 1.56 bits per heavy atom. The van der Waals surface area contributed by atoms with Gasteiger partial charge in [0.05, 0.1) is 5.75 Å². The highest BCUT2D eigenvalue weighted by molar-refractivity contribution is 7.98. The fourth-order valence-corrected chi connectivity index (χ4v) is 3.67. The summed E-state index contributed by atoms with van der Waals surface area (Å²) < 4.78 is 0.423. The molecule has 0 aliphatic rings. The zero-order valence-corrected chi connectivity index (χ0v) is 10.9. The van der Waals surface area contributed by atoms with Gasteiger partial charge in [-0.2, -0.15) is 0 Å². The van der Waals surface area contributed by atoms with Crippen LogP contribution in [0.5, 0.6) is 0 Å². The molecule has 0 atom stereocenters. The Labute approximate surface area is 108 Å². The minimum Gasteiger partial charge on any atom is -0.477 e. The van der Waals surface area contributed by atoms with E-state index < -0.39 is 5.97 Å². The number of nitrogens with zero attached hydrogens (tertiary/aromatic N) is 2. The average Bonchev–Trinajstić information content (AvgIpc) is 2.83. The van der Waals surface area contributed by atoms with Gasteiger partial charge in [-0.1, -0.05) is 11.3 Å². The Bertz CT molecular complexity index is 511. The van der Waals surface area contributed by atoms with Crippen LogP contribution < -0.4 is 0 Å². The van der Waals surface area contributed by atoms with Crippen molar-refractivity contribution in [2.24, 2.45) is 0 Å². The Hall–Kier alpha value is -0.630. The van der Waals surface area contributed by atoms with Crippen molar-refractivity contribution in [3.8, 4) is 0 Å². The fourth-order valence-electron chi connectivity index (χ4n) is 0.943. The molecule has 0 saturated carbocycles. The van der Waals surface area contributed by atoms with Crippen LogP contribution in [0.4, 0.5) is 0 Å². The number of carbonyl (C=O) groups is 1. The van der Waals surface area contributed by atoms with Crippen LogP contribution in [0.25, 0.3) is 0 Å². The predicted molar refractivity (Wildman–Crippen MR) is 65.8 cm³/mol.